The molecule has 1 aromatic carbocycles. The van der Waals surface area contributed by atoms with Crippen LogP contribution >= 0.6 is 11.8 Å². The van der Waals surface area contributed by atoms with E-state index in [2.05, 4.69) is 21.2 Å². The molecule has 0 radical (unpaired) electrons. The van der Waals surface area contributed by atoms with Gasteiger partial charge in [-0.1, -0.05) is 17.7 Å². The van der Waals surface area contributed by atoms with E-state index in [1.54, 1.807) is 0 Å². The lowest BCUT2D eigenvalue weighted by Gasteiger charge is -2.12. The Hall–Kier alpha value is -2.68. The number of aryl methyl sites for hydroxylation is 2. The minimum atomic E-state index is -2.70. The molecule has 0 aliphatic heterocycles. The molecule has 0 fully saturated rings. The molecule has 0 atom stereocenters. The molecular weight excluding hydrogens is 362 g/mol. The molecule has 2 aromatic rings. The molecule has 0 saturated carbocycles. The number of carbonyl (C=O) groups excluding carboxylic acids is 2. The fourth-order valence-corrected chi connectivity index (χ4v) is 2.75. The zero-order valence-corrected chi connectivity index (χ0v) is 15.0. The number of hydrazine groups is 1. The second-order valence-electron chi connectivity index (χ2n) is 5.41. The van der Waals surface area contributed by atoms with Crippen LogP contribution < -0.4 is 16.2 Å². The number of nitrogens with zero attached hydrogens (tertiary/aromatic N) is 1. The lowest BCUT2D eigenvalue weighted by molar-refractivity contribution is -0.120. The largest absolute Gasteiger partial charge is 0.376 e. The average Bonchev–Trinajstić information content (AvgIpc) is 2.59. The molecule has 0 bridgehead atoms. The van der Waals surface area contributed by atoms with E-state index in [9.17, 15) is 18.4 Å². The molecule has 9 heteroatoms. The fourth-order valence-electron chi connectivity index (χ4n) is 2.17. The molecule has 6 nitrogen and oxygen atoms in total. The van der Waals surface area contributed by atoms with Crippen molar-refractivity contribution < 1.29 is 18.4 Å². The summed E-state index contributed by atoms with van der Waals surface area (Å²) in [6, 6.07) is 8.56. The van der Waals surface area contributed by atoms with Gasteiger partial charge < -0.3 is 5.32 Å². The number of amides is 2. The minimum absolute atomic E-state index is 0.0413. The van der Waals surface area contributed by atoms with Crippen LogP contribution in [0.4, 0.5) is 14.5 Å². The zero-order valence-electron chi connectivity index (χ0n) is 14.2. The van der Waals surface area contributed by atoms with Crippen molar-refractivity contribution >= 4 is 29.3 Å². The van der Waals surface area contributed by atoms with Crippen molar-refractivity contribution in [1.82, 2.24) is 15.8 Å². The second kappa shape index (κ2) is 9.14. The van der Waals surface area contributed by atoms with Crippen molar-refractivity contribution in [3.63, 3.8) is 0 Å². The number of benzene rings is 1. The van der Waals surface area contributed by atoms with E-state index in [0.29, 0.717) is 0 Å². The minimum Gasteiger partial charge on any atom is -0.376 e. The molecule has 1 aromatic heterocycles. The van der Waals surface area contributed by atoms with Gasteiger partial charge in [-0.05, 0) is 49.4 Å². The number of pyridine rings is 1. The number of alkyl halides is 2. The Bertz CT molecular complexity index is 802. The molecule has 0 aliphatic carbocycles. The standard InChI is InChI=1S/C17H18F2N4O2S/c1-10-5-6-13(11(2)8-10)21-9-14(24)22-23-15(25)12-4-3-7-20-16(12)26-17(18)19/h3-8,17,21H,9H2,1-2H3,(H,22,24)(H,23,25). The van der Waals surface area contributed by atoms with E-state index >= 15 is 0 Å². The maximum atomic E-state index is 12.5. The Morgan fingerprint density at radius 3 is 2.65 bits per heavy atom. The van der Waals surface area contributed by atoms with E-state index in [4.69, 9.17) is 0 Å². The molecule has 1 heterocycles. The van der Waals surface area contributed by atoms with Crippen molar-refractivity contribution in [2.75, 3.05) is 11.9 Å². The number of thioether (sulfide) groups is 1. The van der Waals surface area contributed by atoms with Crippen molar-refractivity contribution in [2.24, 2.45) is 0 Å². The van der Waals surface area contributed by atoms with E-state index in [-0.39, 0.29) is 28.9 Å². The smallest absolute Gasteiger partial charge is 0.290 e. The van der Waals surface area contributed by atoms with Gasteiger partial charge in [0.15, 0.2) is 0 Å². The summed E-state index contributed by atoms with van der Waals surface area (Å²) < 4.78 is 25.0. The summed E-state index contributed by atoms with van der Waals surface area (Å²) in [6.45, 7) is 3.83. The molecular formula is C17H18F2N4O2S. The molecule has 2 amide bonds. The van der Waals surface area contributed by atoms with Crippen LogP contribution in [0.3, 0.4) is 0 Å². The third kappa shape index (κ3) is 5.69. The number of hydrogen-bond acceptors (Lipinski definition) is 5. The van der Waals surface area contributed by atoms with Crippen LogP contribution in [0, 0.1) is 13.8 Å². The lowest BCUT2D eigenvalue weighted by Crippen LogP contribution is -2.44. The summed E-state index contributed by atoms with van der Waals surface area (Å²) in [5.41, 5.74) is 7.30. The van der Waals surface area contributed by atoms with Crippen LogP contribution in [-0.2, 0) is 4.79 Å². The molecule has 0 spiro atoms. The highest BCUT2D eigenvalue weighted by molar-refractivity contribution is 7.99. The SMILES string of the molecule is Cc1ccc(NCC(=O)NNC(=O)c2cccnc2SC(F)F)c(C)c1. The van der Waals surface area contributed by atoms with Crippen LogP contribution in [-0.4, -0.2) is 29.1 Å². The number of anilines is 1. The fraction of sp³-hybridized carbons (Fsp3) is 0.235. The number of hydrogen-bond donors (Lipinski definition) is 3. The Kier molecular flexibility index (Phi) is 6.90. The topological polar surface area (TPSA) is 83.1 Å². The Balaban J connectivity index is 1.88. The van der Waals surface area contributed by atoms with Crippen LogP contribution in [0.15, 0.2) is 41.6 Å². The predicted molar refractivity (Wildman–Crippen MR) is 96.1 cm³/mol. The Labute approximate surface area is 153 Å². The van der Waals surface area contributed by atoms with Gasteiger partial charge in [-0.15, -0.1) is 0 Å². The highest BCUT2D eigenvalue weighted by atomic mass is 32.2. The third-order valence-corrected chi connectivity index (χ3v) is 4.08. The van der Waals surface area contributed by atoms with E-state index < -0.39 is 17.6 Å². The number of nitrogens with one attached hydrogen (secondary N) is 3. The Morgan fingerprint density at radius 1 is 1.19 bits per heavy atom. The summed E-state index contributed by atoms with van der Waals surface area (Å²) in [5, 5.41) is 2.85. The maximum Gasteiger partial charge on any atom is 0.290 e. The van der Waals surface area contributed by atoms with Gasteiger partial charge in [-0.2, -0.15) is 8.78 Å². The van der Waals surface area contributed by atoms with Crippen LogP contribution in [0.1, 0.15) is 21.5 Å². The van der Waals surface area contributed by atoms with Gasteiger partial charge in [0.2, 0.25) is 0 Å². The number of halogens is 2. The van der Waals surface area contributed by atoms with Gasteiger partial charge in [0.25, 0.3) is 17.6 Å². The monoisotopic (exact) mass is 380 g/mol. The first kappa shape index (κ1) is 19.6. The van der Waals surface area contributed by atoms with Crippen LogP contribution in [0.2, 0.25) is 0 Å². The first-order chi connectivity index (χ1) is 12.4. The van der Waals surface area contributed by atoms with Gasteiger partial charge >= 0.3 is 0 Å². The maximum absolute atomic E-state index is 12.5. The van der Waals surface area contributed by atoms with Crippen LogP contribution in [0.25, 0.3) is 0 Å². The molecule has 138 valence electrons. The molecule has 26 heavy (non-hydrogen) atoms. The summed E-state index contributed by atoms with van der Waals surface area (Å²) >= 11 is 0.168. The average molecular weight is 380 g/mol. The number of rotatable bonds is 6. The van der Waals surface area contributed by atoms with Crippen LogP contribution in [0.5, 0.6) is 0 Å². The second-order valence-corrected chi connectivity index (χ2v) is 6.39. The van der Waals surface area contributed by atoms with Crippen molar-refractivity contribution in [3.05, 3.63) is 53.2 Å². The van der Waals surface area contributed by atoms with Crippen molar-refractivity contribution in [1.29, 1.82) is 0 Å². The van der Waals surface area contributed by atoms with E-state index in [0.717, 1.165) is 16.8 Å². The first-order valence-electron chi connectivity index (χ1n) is 7.67. The van der Waals surface area contributed by atoms with Gasteiger partial charge in [-0.25, -0.2) is 4.98 Å². The number of aromatic nitrogens is 1. The third-order valence-electron chi connectivity index (χ3n) is 3.35. The van der Waals surface area contributed by atoms with Gasteiger partial charge in [0, 0.05) is 11.9 Å². The van der Waals surface area contributed by atoms with Gasteiger partial charge in [-0.3, -0.25) is 20.4 Å². The molecule has 3 N–H and O–H groups in total. The highest BCUT2D eigenvalue weighted by Gasteiger charge is 2.17. The zero-order chi connectivity index (χ0) is 19.1. The van der Waals surface area contributed by atoms with Crippen molar-refractivity contribution in [2.45, 2.75) is 24.6 Å². The quantitative estimate of drug-likeness (QED) is 0.530. The molecule has 0 aliphatic rings. The van der Waals surface area contributed by atoms with Gasteiger partial charge in [0.1, 0.15) is 5.03 Å². The molecule has 2 rings (SSSR count). The first-order valence-corrected chi connectivity index (χ1v) is 8.55. The van der Waals surface area contributed by atoms with E-state index in [1.165, 1.54) is 18.3 Å². The summed E-state index contributed by atoms with van der Waals surface area (Å²) in [5.74, 6) is -3.90. The van der Waals surface area contributed by atoms with Crippen molar-refractivity contribution in [3.8, 4) is 0 Å². The van der Waals surface area contributed by atoms with E-state index in [1.807, 2.05) is 32.0 Å². The lowest BCUT2D eigenvalue weighted by atomic mass is 10.1. The summed E-state index contributed by atoms with van der Waals surface area (Å²) in [4.78, 5) is 27.7. The molecule has 0 saturated heterocycles. The summed E-state index contributed by atoms with van der Waals surface area (Å²) in [6.07, 6.45) is 1.31. The normalized spacial score (nSPS) is 10.5. The Morgan fingerprint density at radius 2 is 1.96 bits per heavy atom. The summed E-state index contributed by atoms with van der Waals surface area (Å²) in [7, 11) is 0. The molecule has 0 unspecified atom stereocenters. The highest BCUT2D eigenvalue weighted by Crippen LogP contribution is 2.26. The predicted octanol–water partition coefficient (Wildman–Crippen LogP) is 2.89. The van der Waals surface area contributed by atoms with Gasteiger partial charge in [0.05, 0.1) is 12.1 Å². The number of carbonyl (C=O) groups is 2.